The van der Waals surface area contributed by atoms with Crippen molar-refractivity contribution >= 4 is 29.2 Å². The Morgan fingerprint density at radius 2 is 2.30 bits per heavy atom. The zero-order valence-electron chi connectivity index (χ0n) is 10.7. The molecule has 5 nitrogen and oxygen atoms in total. The number of carbonyl (C=O) groups excluding carboxylic acids is 2. The van der Waals surface area contributed by atoms with Crippen molar-refractivity contribution < 1.29 is 14.0 Å². The van der Waals surface area contributed by atoms with Gasteiger partial charge in [0.1, 0.15) is 5.82 Å². The number of nitrogens with one attached hydrogen (secondary N) is 2. The standard InChI is InChI=1S/C13H15ClFN3O2/c14-4-5-16-13(20)17-10-7-12(19)18(8-10)11-3-1-2-9(15)6-11/h1-3,6,10H,4-5,7-8H2,(H2,16,17,20)/t10-/m0/s1. The van der Waals surface area contributed by atoms with Gasteiger partial charge >= 0.3 is 6.03 Å². The van der Waals surface area contributed by atoms with E-state index in [0.29, 0.717) is 24.7 Å². The number of alkyl halides is 1. The van der Waals surface area contributed by atoms with Crippen LogP contribution in [0.3, 0.4) is 0 Å². The lowest BCUT2D eigenvalue weighted by molar-refractivity contribution is -0.117. The molecule has 20 heavy (non-hydrogen) atoms. The second-order valence-corrected chi connectivity index (χ2v) is 4.85. The monoisotopic (exact) mass is 299 g/mol. The van der Waals surface area contributed by atoms with E-state index in [0.717, 1.165) is 0 Å². The van der Waals surface area contributed by atoms with Crippen LogP contribution in [0.1, 0.15) is 6.42 Å². The van der Waals surface area contributed by atoms with Crippen LogP contribution >= 0.6 is 11.6 Å². The molecule has 1 aromatic rings. The Labute approximate surface area is 121 Å². The Morgan fingerprint density at radius 3 is 3.00 bits per heavy atom. The summed E-state index contributed by atoms with van der Waals surface area (Å²) in [4.78, 5) is 24.9. The molecule has 0 unspecified atom stereocenters. The third-order valence-corrected chi connectivity index (χ3v) is 3.15. The lowest BCUT2D eigenvalue weighted by Gasteiger charge is -2.17. The molecular weight excluding hydrogens is 285 g/mol. The minimum Gasteiger partial charge on any atom is -0.337 e. The Bertz CT molecular complexity index is 512. The average Bonchev–Trinajstić information content (AvgIpc) is 2.77. The van der Waals surface area contributed by atoms with Gasteiger partial charge < -0.3 is 15.5 Å². The van der Waals surface area contributed by atoms with E-state index in [-0.39, 0.29) is 24.4 Å². The smallest absolute Gasteiger partial charge is 0.315 e. The summed E-state index contributed by atoms with van der Waals surface area (Å²) in [6.07, 6.45) is 0.199. The number of halogens is 2. The molecule has 1 fully saturated rings. The van der Waals surface area contributed by atoms with Crippen LogP contribution in [0.25, 0.3) is 0 Å². The fourth-order valence-corrected chi connectivity index (χ4v) is 2.19. The first kappa shape index (κ1) is 14.6. The first-order valence-corrected chi connectivity index (χ1v) is 6.80. The number of benzene rings is 1. The van der Waals surface area contributed by atoms with Crippen LogP contribution in [-0.4, -0.2) is 36.9 Å². The van der Waals surface area contributed by atoms with Crippen molar-refractivity contribution in [3.05, 3.63) is 30.1 Å². The molecule has 7 heteroatoms. The van der Waals surface area contributed by atoms with Crippen LogP contribution in [-0.2, 0) is 4.79 Å². The van der Waals surface area contributed by atoms with E-state index < -0.39 is 5.82 Å². The van der Waals surface area contributed by atoms with Gasteiger partial charge in [-0.25, -0.2) is 9.18 Å². The molecule has 1 aromatic carbocycles. The van der Waals surface area contributed by atoms with Gasteiger partial charge in [-0.05, 0) is 18.2 Å². The highest BCUT2D eigenvalue weighted by Crippen LogP contribution is 2.22. The molecule has 1 saturated heterocycles. The third kappa shape index (κ3) is 3.60. The van der Waals surface area contributed by atoms with Gasteiger partial charge in [-0.2, -0.15) is 0 Å². The SMILES string of the molecule is O=C(NCCCl)N[C@H]1CC(=O)N(c2cccc(F)c2)C1. The molecule has 0 radical (unpaired) electrons. The first-order chi connectivity index (χ1) is 9.60. The maximum Gasteiger partial charge on any atom is 0.315 e. The predicted octanol–water partition coefficient (Wildman–Crippen LogP) is 1.47. The molecule has 0 bridgehead atoms. The highest BCUT2D eigenvalue weighted by atomic mass is 35.5. The fraction of sp³-hybridized carbons (Fsp3) is 0.385. The lowest BCUT2D eigenvalue weighted by Crippen LogP contribution is -2.43. The maximum absolute atomic E-state index is 13.2. The van der Waals surface area contributed by atoms with Crippen molar-refractivity contribution in [2.24, 2.45) is 0 Å². The van der Waals surface area contributed by atoms with Crippen LogP contribution in [0.5, 0.6) is 0 Å². The van der Waals surface area contributed by atoms with Crippen molar-refractivity contribution in [2.75, 3.05) is 23.9 Å². The Morgan fingerprint density at radius 1 is 1.50 bits per heavy atom. The normalized spacial score (nSPS) is 18.2. The summed E-state index contributed by atoms with van der Waals surface area (Å²) >= 11 is 5.46. The minimum absolute atomic E-state index is 0.141. The molecule has 108 valence electrons. The largest absolute Gasteiger partial charge is 0.337 e. The molecule has 0 saturated carbocycles. The molecular formula is C13H15ClFN3O2. The summed E-state index contributed by atoms with van der Waals surface area (Å²) in [5.74, 6) is -0.211. The van der Waals surface area contributed by atoms with E-state index in [1.807, 2.05) is 0 Å². The molecule has 1 atom stereocenters. The van der Waals surface area contributed by atoms with Gasteiger partial charge in [0.25, 0.3) is 0 Å². The minimum atomic E-state index is -0.397. The average molecular weight is 300 g/mol. The van der Waals surface area contributed by atoms with E-state index in [1.54, 1.807) is 12.1 Å². The molecule has 1 aliphatic heterocycles. The molecule has 3 amide bonds. The van der Waals surface area contributed by atoms with Crippen LogP contribution in [0.2, 0.25) is 0 Å². The van der Waals surface area contributed by atoms with Gasteiger partial charge in [0, 0.05) is 31.1 Å². The van der Waals surface area contributed by atoms with Gasteiger partial charge in [-0.3, -0.25) is 4.79 Å². The van der Waals surface area contributed by atoms with E-state index in [4.69, 9.17) is 11.6 Å². The van der Waals surface area contributed by atoms with Gasteiger partial charge in [-0.15, -0.1) is 11.6 Å². The molecule has 1 heterocycles. The fourth-order valence-electron chi connectivity index (χ4n) is 2.10. The van der Waals surface area contributed by atoms with Gasteiger partial charge in [0.15, 0.2) is 0 Å². The molecule has 1 aliphatic rings. The molecule has 0 spiro atoms. The highest BCUT2D eigenvalue weighted by Gasteiger charge is 2.31. The summed E-state index contributed by atoms with van der Waals surface area (Å²) in [5.41, 5.74) is 0.500. The van der Waals surface area contributed by atoms with Crippen LogP contribution in [0.15, 0.2) is 24.3 Å². The first-order valence-electron chi connectivity index (χ1n) is 6.26. The third-order valence-electron chi connectivity index (χ3n) is 2.96. The maximum atomic E-state index is 13.2. The van der Waals surface area contributed by atoms with Crippen LogP contribution in [0, 0.1) is 5.82 Å². The van der Waals surface area contributed by atoms with Gasteiger partial charge in [-0.1, -0.05) is 6.07 Å². The van der Waals surface area contributed by atoms with Gasteiger partial charge in [0.2, 0.25) is 5.91 Å². The number of hydrogen-bond acceptors (Lipinski definition) is 2. The second-order valence-electron chi connectivity index (χ2n) is 4.47. The van der Waals surface area contributed by atoms with Crippen molar-refractivity contribution in [3.63, 3.8) is 0 Å². The number of amides is 3. The number of urea groups is 1. The number of nitrogens with zero attached hydrogens (tertiary/aromatic N) is 1. The van der Waals surface area contributed by atoms with E-state index in [1.165, 1.54) is 17.0 Å². The zero-order valence-corrected chi connectivity index (χ0v) is 11.5. The van der Waals surface area contributed by atoms with Gasteiger partial charge in [0.05, 0.1) is 6.04 Å². The van der Waals surface area contributed by atoms with Crippen LogP contribution < -0.4 is 15.5 Å². The van der Waals surface area contributed by atoms with Crippen molar-refractivity contribution in [2.45, 2.75) is 12.5 Å². The summed E-state index contributed by atoms with van der Waals surface area (Å²) in [6, 6.07) is 5.18. The summed E-state index contributed by atoms with van der Waals surface area (Å²) in [5, 5.41) is 5.26. The Kier molecular flexibility index (Phi) is 4.79. The second kappa shape index (κ2) is 6.56. The molecule has 2 N–H and O–H groups in total. The Balaban J connectivity index is 1.95. The number of hydrogen-bond donors (Lipinski definition) is 2. The quantitative estimate of drug-likeness (QED) is 0.827. The van der Waals surface area contributed by atoms with E-state index in [9.17, 15) is 14.0 Å². The topological polar surface area (TPSA) is 61.4 Å². The molecule has 0 aliphatic carbocycles. The predicted molar refractivity (Wildman–Crippen MR) is 74.4 cm³/mol. The van der Waals surface area contributed by atoms with E-state index >= 15 is 0 Å². The highest BCUT2D eigenvalue weighted by molar-refractivity contribution is 6.18. The number of anilines is 1. The van der Waals surface area contributed by atoms with Crippen molar-refractivity contribution in [3.8, 4) is 0 Å². The lowest BCUT2D eigenvalue weighted by atomic mass is 10.2. The Hall–Kier alpha value is -1.82. The summed E-state index contributed by atoms with van der Waals surface area (Å²) in [6.45, 7) is 0.693. The number of rotatable bonds is 4. The van der Waals surface area contributed by atoms with E-state index in [2.05, 4.69) is 10.6 Å². The molecule has 0 aromatic heterocycles. The summed E-state index contributed by atoms with van der Waals surface area (Å²) < 4.78 is 13.2. The summed E-state index contributed by atoms with van der Waals surface area (Å²) in [7, 11) is 0. The van der Waals surface area contributed by atoms with Crippen molar-refractivity contribution in [1.29, 1.82) is 0 Å². The van der Waals surface area contributed by atoms with Crippen molar-refractivity contribution in [1.82, 2.24) is 10.6 Å². The number of carbonyl (C=O) groups is 2. The molecule has 2 rings (SSSR count). The van der Waals surface area contributed by atoms with Crippen LogP contribution in [0.4, 0.5) is 14.9 Å². The zero-order chi connectivity index (χ0) is 14.5.